The van der Waals surface area contributed by atoms with Crippen LogP contribution in [0.5, 0.6) is 0 Å². The van der Waals surface area contributed by atoms with Gasteiger partial charge in [-0.25, -0.2) is 4.98 Å². The van der Waals surface area contributed by atoms with Crippen molar-refractivity contribution >= 4 is 28.3 Å². The summed E-state index contributed by atoms with van der Waals surface area (Å²) in [5.74, 6) is -0.0642. The predicted molar refractivity (Wildman–Crippen MR) is 82.7 cm³/mol. The van der Waals surface area contributed by atoms with Crippen LogP contribution in [0.3, 0.4) is 0 Å². The largest absolute Gasteiger partial charge is 0.292 e. The normalized spacial score (nSPS) is 11.0. The summed E-state index contributed by atoms with van der Waals surface area (Å²) in [6.45, 7) is 1.82. The maximum Gasteiger partial charge on any atom is 0.187 e. The molecule has 0 aliphatic heterocycles. The van der Waals surface area contributed by atoms with Gasteiger partial charge >= 0.3 is 0 Å². The molecule has 0 fully saturated rings. The summed E-state index contributed by atoms with van der Waals surface area (Å²) in [5.41, 5.74) is 2.71. The predicted octanol–water partition coefficient (Wildman–Crippen LogP) is 3.36. The minimum atomic E-state index is -0.0642. The van der Waals surface area contributed by atoms with Crippen molar-refractivity contribution in [3.05, 3.63) is 58.5 Å². The van der Waals surface area contributed by atoms with Crippen LogP contribution < -0.4 is 0 Å². The molecule has 0 radical (unpaired) electrons. The van der Waals surface area contributed by atoms with Crippen molar-refractivity contribution < 1.29 is 4.79 Å². The van der Waals surface area contributed by atoms with Gasteiger partial charge in [0.2, 0.25) is 0 Å². The number of fused-ring (bicyclic) bond motifs is 1. The van der Waals surface area contributed by atoms with Gasteiger partial charge in [-0.15, -0.1) is 0 Å². The van der Waals surface area contributed by atoms with Gasteiger partial charge in [0.1, 0.15) is 5.69 Å². The van der Waals surface area contributed by atoms with Gasteiger partial charge < -0.3 is 0 Å². The number of carbonyl (C=O) groups is 1. The lowest BCUT2D eigenvalue weighted by Crippen LogP contribution is -2.10. The molecule has 0 aliphatic carbocycles. The molecule has 0 unspecified atom stereocenters. The van der Waals surface area contributed by atoms with Crippen LogP contribution in [-0.4, -0.2) is 20.5 Å². The molecule has 3 aromatic rings. The fraction of sp³-hybridized carbons (Fsp3) is 0.188. The van der Waals surface area contributed by atoms with Gasteiger partial charge in [0.05, 0.1) is 28.3 Å². The first-order valence-corrected chi connectivity index (χ1v) is 7.01. The van der Waals surface area contributed by atoms with E-state index in [1.165, 1.54) is 0 Å². The van der Waals surface area contributed by atoms with Crippen molar-refractivity contribution in [3.63, 3.8) is 0 Å². The molecule has 5 heteroatoms. The molecule has 0 saturated carbocycles. The number of ketones is 1. The molecule has 4 nitrogen and oxygen atoms in total. The van der Waals surface area contributed by atoms with Crippen molar-refractivity contribution in [3.8, 4) is 0 Å². The van der Waals surface area contributed by atoms with Crippen molar-refractivity contribution in [1.82, 2.24) is 14.8 Å². The summed E-state index contributed by atoms with van der Waals surface area (Å²) in [5, 5.41) is 5.78. The molecule has 0 N–H and O–H groups in total. The fourth-order valence-corrected chi connectivity index (χ4v) is 2.56. The number of hydrogen-bond donors (Lipinski definition) is 0. The highest BCUT2D eigenvalue weighted by atomic mass is 35.5. The molecule has 0 spiro atoms. The molecule has 21 heavy (non-hydrogen) atoms. The maximum atomic E-state index is 12.4. The quantitative estimate of drug-likeness (QED) is 0.697. The number of aromatic nitrogens is 3. The van der Waals surface area contributed by atoms with Crippen LogP contribution in [-0.2, 0) is 13.5 Å². The van der Waals surface area contributed by atoms with Crippen molar-refractivity contribution in [1.29, 1.82) is 0 Å². The molecule has 0 amide bonds. The standard InChI is InChI=1S/C16H14ClN3O/c1-10-16(17)14(20(2)19-10)9-15(21)13-8-7-11-5-3-4-6-12(11)18-13/h3-8H,9H2,1-2H3. The van der Waals surface area contributed by atoms with E-state index in [0.717, 1.165) is 16.6 Å². The van der Waals surface area contributed by atoms with Crippen LogP contribution in [0.4, 0.5) is 0 Å². The van der Waals surface area contributed by atoms with Crippen LogP contribution in [0.1, 0.15) is 21.9 Å². The third-order valence-corrected chi connectivity index (χ3v) is 3.97. The maximum absolute atomic E-state index is 12.4. The summed E-state index contributed by atoms with van der Waals surface area (Å²) in [6.07, 6.45) is 0.196. The number of nitrogens with zero attached hydrogens (tertiary/aromatic N) is 3. The Morgan fingerprint density at radius 2 is 2.00 bits per heavy atom. The lowest BCUT2D eigenvalue weighted by atomic mass is 10.1. The van der Waals surface area contributed by atoms with Crippen molar-refractivity contribution in [2.75, 3.05) is 0 Å². The number of para-hydroxylation sites is 1. The topological polar surface area (TPSA) is 47.8 Å². The van der Waals surface area contributed by atoms with Crippen LogP contribution in [0.25, 0.3) is 10.9 Å². The van der Waals surface area contributed by atoms with E-state index in [9.17, 15) is 4.79 Å². The Bertz CT molecular complexity index is 839. The van der Waals surface area contributed by atoms with Gasteiger partial charge in [-0.3, -0.25) is 9.48 Å². The second-order valence-electron chi connectivity index (χ2n) is 4.96. The highest BCUT2D eigenvalue weighted by Crippen LogP contribution is 2.21. The lowest BCUT2D eigenvalue weighted by molar-refractivity contribution is 0.0986. The van der Waals surface area contributed by atoms with Crippen molar-refractivity contribution in [2.24, 2.45) is 7.05 Å². The highest BCUT2D eigenvalue weighted by Gasteiger charge is 2.17. The summed E-state index contributed by atoms with van der Waals surface area (Å²) in [7, 11) is 1.79. The number of halogens is 1. The minimum Gasteiger partial charge on any atom is -0.292 e. The first-order valence-electron chi connectivity index (χ1n) is 6.63. The number of rotatable bonds is 3. The molecular weight excluding hydrogens is 286 g/mol. The number of pyridine rings is 1. The smallest absolute Gasteiger partial charge is 0.187 e. The minimum absolute atomic E-state index is 0.0642. The average molecular weight is 300 g/mol. The van der Waals surface area contributed by atoms with E-state index < -0.39 is 0 Å². The second-order valence-corrected chi connectivity index (χ2v) is 5.34. The number of Topliss-reactive ketones (excluding diaryl/α,β-unsaturated/α-hetero) is 1. The van der Waals surface area contributed by atoms with E-state index in [1.807, 2.05) is 37.3 Å². The van der Waals surface area contributed by atoms with E-state index in [1.54, 1.807) is 17.8 Å². The zero-order valence-corrected chi connectivity index (χ0v) is 12.6. The third-order valence-electron chi connectivity index (χ3n) is 3.47. The first kappa shape index (κ1) is 13.8. The van der Waals surface area contributed by atoms with E-state index in [0.29, 0.717) is 16.4 Å². The Morgan fingerprint density at radius 1 is 1.24 bits per heavy atom. The molecule has 0 bridgehead atoms. The van der Waals surface area contributed by atoms with Gasteiger partial charge in [0.25, 0.3) is 0 Å². The summed E-state index contributed by atoms with van der Waals surface area (Å²) < 4.78 is 1.65. The van der Waals surface area contributed by atoms with Crippen LogP contribution >= 0.6 is 11.6 Å². The fourth-order valence-electron chi connectivity index (χ4n) is 2.34. The Kier molecular flexibility index (Phi) is 3.47. The van der Waals surface area contributed by atoms with Crippen molar-refractivity contribution in [2.45, 2.75) is 13.3 Å². The third kappa shape index (κ3) is 2.54. The second kappa shape index (κ2) is 5.30. The number of aryl methyl sites for hydroxylation is 2. The van der Waals surface area contributed by atoms with E-state index >= 15 is 0 Å². The van der Waals surface area contributed by atoms with Crippen LogP contribution in [0, 0.1) is 6.92 Å². The van der Waals surface area contributed by atoms with E-state index in [4.69, 9.17) is 11.6 Å². The Hall–Kier alpha value is -2.20. The molecule has 0 atom stereocenters. The molecule has 2 heterocycles. The van der Waals surface area contributed by atoms with Crippen LogP contribution in [0.15, 0.2) is 36.4 Å². The SMILES string of the molecule is Cc1nn(C)c(CC(=O)c2ccc3ccccc3n2)c1Cl. The Labute approximate surface area is 127 Å². The molecule has 106 valence electrons. The summed E-state index contributed by atoms with van der Waals surface area (Å²) in [4.78, 5) is 16.8. The Balaban J connectivity index is 1.93. The summed E-state index contributed by atoms with van der Waals surface area (Å²) >= 11 is 6.18. The molecule has 2 aromatic heterocycles. The number of hydrogen-bond acceptors (Lipinski definition) is 3. The molecule has 0 aliphatic rings. The molecule has 1 aromatic carbocycles. The van der Waals surface area contributed by atoms with Gasteiger partial charge in [0, 0.05) is 12.4 Å². The van der Waals surface area contributed by atoms with E-state index in [2.05, 4.69) is 10.1 Å². The van der Waals surface area contributed by atoms with Gasteiger partial charge in [-0.05, 0) is 19.1 Å². The Morgan fingerprint density at radius 3 is 2.71 bits per heavy atom. The molecule has 0 saturated heterocycles. The molecular formula is C16H14ClN3O. The zero-order chi connectivity index (χ0) is 15.0. The molecule has 3 rings (SSSR count). The zero-order valence-electron chi connectivity index (χ0n) is 11.8. The highest BCUT2D eigenvalue weighted by molar-refractivity contribution is 6.32. The van der Waals surface area contributed by atoms with Crippen LogP contribution in [0.2, 0.25) is 5.02 Å². The number of benzene rings is 1. The van der Waals surface area contributed by atoms with Gasteiger partial charge in [-0.2, -0.15) is 5.10 Å². The first-order chi connectivity index (χ1) is 10.1. The lowest BCUT2D eigenvalue weighted by Gasteiger charge is -2.04. The number of carbonyl (C=O) groups excluding carboxylic acids is 1. The monoisotopic (exact) mass is 299 g/mol. The van der Waals surface area contributed by atoms with E-state index in [-0.39, 0.29) is 12.2 Å². The van der Waals surface area contributed by atoms with Gasteiger partial charge in [-0.1, -0.05) is 35.9 Å². The van der Waals surface area contributed by atoms with Gasteiger partial charge in [0.15, 0.2) is 5.78 Å². The summed E-state index contributed by atoms with van der Waals surface area (Å²) in [6, 6.07) is 11.4. The average Bonchev–Trinajstić information content (AvgIpc) is 2.73.